The van der Waals surface area contributed by atoms with Gasteiger partial charge in [-0.25, -0.2) is 0 Å². The number of ether oxygens (including phenoxy) is 1. The number of unbranched alkanes of at least 4 members (excludes halogenated alkanes) is 55. The second kappa shape index (κ2) is 66.1. The molecule has 452 valence electrons. The van der Waals surface area contributed by atoms with Crippen molar-refractivity contribution in [3.05, 3.63) is 12.2 Å². The van der Waals surface area contributed by atoms with Crippen molar-refractivity contribution in [1.29, 1.82) is 0 Å². The molecule has 76 heavy (non-hydrogen) atoms. The van der Waals surface area contributed by atoms with E-state index < -0.39 is 12.1 Å². The van der Waals surface area contributed by atoms with Crippen LogP contribution in [0.3, 0.4) is 0 Å². The number of rotatable bonds is 66. The maximum Gasteiger partial charge on any atom is 0.305 e. The van der Waals surface area contributed by atoms with Crippen LogP contribution in [0.25, 0.3) is 0 Å². The van der Waals surface area contributed by atoms with Crippen LogP contribution in [0.5, 0.6) is 0 Å². The lowest BCUT2D eigenvalue weighted by atomic mass is 10.0. The van der Waals surface area contributed by atoms with Gasteiger partial charge in [0, 0.05) is 12.8 Å². The van der Waals surface area contributed by atoms with E-state index in [1.807, 2.05) is 6.08 Å². The van der Waals surface area contributed by atoms with Crippen molar-refractivity contribution in [2.24, 2.45) is 0 Å². The third-order valence-corrected chi connectivity index (χ3v) is 16.6. The lowest BCUT2D eigenvalue weighted by Crippen LogP contribution is -2.45. The van der Waals surface area contributed by atoms with Crippen molar-refractivity contribution in [3.63, 3.8) is 0 Å². The van der Waals surface area contributed by atoms with Gasteiger partial charge in [-0.1, -0.05) is 366 Å². The van der Waals surface area contributed by atoms with E-state index in [9.17, 15) is 19.8 Å². The van der Waals surface area contributed by atoms with Gasteiger partial charge in [0.2, 0.25) is 5.91 Å². The maximum absolute atomic E-state index is 12.5. The second-order valence-electron chi connectivity index (χ2n) is 24.2. The van der Waals surface area contributed by atoms with Gasteiger partial charge in [-0.15, -0.1) is 0 Å². The highest BCUT2D eigenvalue weighted by atomic mass is 16.5. The van der Waals surface area contributed by atoms with Crippen LogP contribution < -0.4 is 5.32 Å². The molecule has 1 amide bonds. The average molecular weight is 1070 g/mol. The molecule has 2 unspecified atom stereocenters. The molecule has 2 atom stereocenters. The van der Waals surface area contributed by atoms with Crippen molar-refractivity contribution in [2.75, 3.05) is 13.2 Å². The summed E-state index contributed by atoms with van der Waals surface area (Å²) in [6.07, 6.45) is 81.4. The Balaban J connectivity index is 3.34. The molecule has 0 saturated carbocycles. The highest BCUT2D eigenvalue weighted by Gasteiger charge is 2.18. The van der Waals surface area contributed by atoms with Crippen LogP contribution in [-0.2, 0) is 14.3 Å². The lowest BCUT2D eigenvalue weighted by molar-refractivity contribution is -0.143. The van der Waals surface area contributed by atoms with Gasteiger partial charge in [0.1, 0.15) is 0 Å². The molecule has 0 bridgehead atoms. The quantitative estimate of drug-likeness (QED) is 0.0320. The van der Waals surface area contributed by atoms with Gasteiger partial charge in [0.05, 0.1) is 25.4 Å². The number of carbonyl (C=O) groups excluding carboxylic acids is 2. The maximum atomic E-state index is 12.5. The van der Waals surface area contributed by atoms with Crippen LogP contribution in [0.1, 0.15) is 399 Å². The molecule has 3 N–H and O–H groups in total. The van der Waals surface area contributed by atoms with Crippen molar-refractivity contribution in [3.8, 4) is 0 Å². The standard InChI is InChI=1S/C70H137NO5/c1-3-5-7-9-11-13-15-17-19-20-28-32-36-40-44-48-52-56-60-64-70(75)76-65-61-57-53-49-45-41-37-33-30-27-25-23-21-22-24-26-29-31-35-39-43-47-51-55-59-63-69(74)71-67(66-72)68(73)62-58-54-50-46-42-38-34-18-16-14-12-10-8-6-4-2/h58,62,67-68,72-73H,3-57,59-61,63-66H2,1-2H3,(H,71,74)/b62-58+. The Morgan fingerprint density at radius 1 is 0.355 bits per heavy atom. The Morgan fingerprint density at radius 3 is 0.895 bits per heavy atom. The van der Waals surface area contributed by atoms with E-state index in [0.717, 1.165) is 38.5 Å². The molecule has 0 aromatic heterocycles. The third-order valence-electron chi connectivity index (χ3n) is 16.6. The fourth-order valence-corrected chi connectivity index (χ4v) is 11.2. The number of amides is 1. The Hall–Kier alpha value is -1.40. The molecule has 6 nitrogen and oxygen atoms in total. The number of hydrogen-bond acceptors (Lipinski definition) is 5. The Morgan fingerprint density at radius 2 is 0.605 bits per heavy atom. The Bertz CT molecular complexity index is 1140. The number of aliphatic hydroxyl groups is 2. The summed E-state index contributed by atoms with van der Waals surface area (Å²) in [7, 11) is 0. The zero-order valence-corrected chi connectivity index (χ0v) is 51.8. The Labute approximate surface area is 476 Å². The molecule has 0 saturated heterocycles. The van der Waals surface area contributed by atoms with E-state index in [1.165, 1.54) is 334 Å². The summed E-state index contributed by atoms with van der Waals surface area (Å²) in [6.45, 7) is 4.95. The Kier molecular flexibility index (Phi) is 64.9. The van der Waals surface area contributed by atoms with Gasteiger partial charge < -0.3 is 20.3 Å². The number of aliphatic hydroxyl groups excluding tert-OH is 2. The summed E-state index contributed by atoms with van der Waals surface area (Å²) in [5.74, 6) is -0.0416. The SMILES string of the molecule is CCCCCCCCCCCCCCC/C=C/C(O)C(CO)NC(=O)CCCCCCCCCCCCCCCCCCCCCCCCCCCOC(=O)CCCCCCCCCCCCCCCCCCCCC. The van der Waals surface area contributed by atoms with Gasteiger partial charge in [-0.3, -0.25) is 9.59 Å². The summed E-state index contributed by atoms with van der Waals surface area (Å²) in [4.78, 5) is 24.6. The van der Waals surface area contributed by atoms with Crippen molar-refractivity contribution >= 4 is 11.9 Å². The predicted octanol–water partition coefficient (Wildman–Crippen LogP) is 22.4. The summed E-state index contributed by atoms with van der Waals surface area (Å²) in [6, 6.07) is -0.626. The molecule has 0 spiro atoms. The first-order chi connectivity index (χ1) is 37.5. The van der Waals surface area contributed by atoms with Crippen LogP contribution in [0.4, 0.5) is 0 Å². The first kappa shape index (κ1) is 74.6. The molecule has 0 aliphatic rings. The number of esters is 1. The minimum Gasteiger partial charge on any atom is -0.466 e. The van der Waals surface area contributed by atoms with E-state index in [2.05, 4.69) is 19.2 Å². The monoisotopic (exact) mass is 1070 g/mol. The lowest BCUT2D eigenvalue weighted by Gasteiger charge is -2.20. The average Bonchev–Trinajstić information content (AvgIpc) is 3.42. The normalized spacial score (nSPS) is 12.5. The molecule has 0 radical (unpaired) electrons. The van der Waals surface area contributed by atoms with Crippen molar-refractivity contribution in [2.45, 2.75) is 411 Å². The predicted molar refractivity (Wildman–Crippen MR) is 333 cm³/mol. The zero-order valence-electron chi connectivity index (χ0n) is 51.8. The van der Waals surface area contributed by atoms with E-state index in [4.69, 9.17) is 4.74 Å². The van der Waals surface area contributed by atoms with Gasteiger partial charge >= 0.3 is 5.97 Å². The largest absolute Gasteiger partial charge is 0.466 e. The minimum absolute atomic E-state index is 0.0217. The number of hydrogen-bond donors (Lipinski definition) is 3. The molecule has 0 aromatic rings. The molecule has 0 aliphatic carbocycles. The van der Waals surface area contributed by atoms with Gasteiger partial charge in [-0.05, 0) is 32.1 Å². The fourth-order valence-electron chi connectivity index (χ4n) is 11.2. The summed E-state index contributed by atoms with van der Waals surface area (Å²) < 4.78 is 5.51. The summed E-state index contributed by atoms with van der Waals surface area (Å²) in [5.41, 5.74) is 0. The summed E-state index contributed by atoms with van der Waals surface area (Å²) in [5, 5.41) is 23.2. The highest BCUT2D eigenvalue weighted by Crippen LogP contribution is 2.19. The highest BCUT2D eigenvalue weighted by molar-refractivity contribution is 5.76. The molecular weight excluding hydrogens is 935 g/mol. The van der Waals surface area contributed by atoms with E-state index >= 15 is 0 Å². The fraction of sp³-hybridized carbons (Fsp3) is 0.943. The smallest absolute Gasteiger partial charge is 0.305 e. The van der Waals surface area contributed by atoms with Crippen LogP contribution in [0.15, 0.2) is 12.2 Å². The van der Waals surface area contributed by atoms with Gasteiger partial charge in [0.25, 0.3) is 0 Å². The first-order valence-corrected chi connectivity index (χ1v) is 35.0. The summed E-state index contributed by atoms with van der Waals surface area (Å²) >= 11 is 0. The molecule has 0 heterocycles. The number of allylic oxidation sites excluding steroid dienone is 1. The second-order valence-corrected chi connectivity index (χ2v) is 24.2. The molecule has 0 aromatic carbocycles. The first-order valence-electron chi connectivity index (χ1n) is 35.0. The van der Waals surface area contributed by atoms with Crippen LogP contribution in [0.2, 0.25) is 0 Å². The van der Waals surface area contributed by atoms with E-state index in [1.54, 1.807) is 6.08 Å². The molecular formula is C70H137NO5. The minimum atomic E-state index is -0.842. The topological polar surface area (TPSA) is 95.9 Å². The van der Waals surface area contributed by atoms with Crippen molar-refractivity contribution in [1.82, 2.24) is 5.32 Å². The van der Waals surface area contributed by atoms with E-state index in [-0.39, 0.29) is 18.5 Å². The number of carbonyl (C=O) groups is 2. The van der Waals surface area contributed by atoms with Crippen LogP contribution in [0, 0.1) is 0 Å². The molecule has 0 rings (SSSR count). The van der Waals surface area contributed by atoms with Crippen molar-refractivity contribution < 1.29 is 24.5 Å². The van der Waals surface area contributed by atoms with Gasteiger partial charge in [-0.2, -0.15) is 0 Å². The molecule has 0 fully saturated rings. The number of nitrogens with one attached hydrogen (secondary N) is 1. The van der Waals surface area contributed by atoms with E-state index in [0.29, 0.717) is 19.4 Å². The van der Waals surface area contributed by atoms with Crippen LogP contribution >= 0.6 is 0 Å². The van der Waals surface area contributed by atoms with Crippen LogP contribution in [-0.4, -0.2) is 47.4 Å². The third kappa shape index (κ3) is 61.8. The molecule has 0 aliphatic heterocycles. The van der Waals surface area contributed by atoms with Gasteiger partial charge in [0.15, 0.2) is 0 Å². The zero-order chi connectivity index (χ0) is 55.0. The molecule has 6 heteroatoms.